The van der Waals surface area contributed by atoms with Crippen molar-refractivity contribution >= 4 is 5.91 Å². The number of rotatable bonds is 8. The van der Waals surface area contributed by atoms with Crippen LogP contribution in [0.25, 0.3) is 0 Å². The summed E-state index contributed by atoms with van der Waals surface area (Å²) in [6.45, 7) is 9.76. The maximum absolute atomic E-state index is 13.0. The number of amides is 1. The third-order valence-corrected chi connectivity index (χ3v) is 6.87. The zero-order valence-electron chi connectivity index (χ0n) is 20.8. The molecule has 1 aliphatic heterocycles. The smallest absolute Gasteiger partial charge is 0.251 e. The Labute approximate surface area is 202 Å². The molecule has 180 valence electrons. The van der Waals surface area contributed by atoms with E-state index in [0.717, 1.165) is 41.7 Å². The first kappa shape index (κ1) is 24.0. The Balaban J connectivity index is 1.41. The van der Waals surface area contributed by atoms with Gasteiger partial charge in [-0.05, 0) is 87.2 Å². The van der Waals surface area contributed by atoms with Crippen LogP contribution in [0.15, 0.2) is 54.6 Å². The fourth-order valence-electron chi connectivity index (χ4n) is 4.68. The van der Waals surface area contributed by atoms with Crippen LogP contribution in [0.2, 0.25) is 0 Å². The molecule has 1 fully saturated rings. The zero-order valence-corrected chi connectivity index (χ0v) is 20.8. The van der Waals surface area contributed by atoms with Gasteiger partial charge in [-0.2, -0.15) is 5.10 Å². The van der Waals surface area contributed by atoms with Crippen LogP contribution in [0.3, 0.4) is 0 Å². The molecule has 1 unspecified atom stereocenters. The first-order valence-electron chi connectivity index (χ1n) is 12.2. The second-order valence-electron chi connectivity index (χ2n) is 9.50. The normalized spacial score (nSPS) is 15.8. The van der Waals surface area contributed by atoms with Crippen LogP contribution < -0.4 is 10.1 Å². The van der Waals surface area contributed by atoms with Crippen LogP contribution in [0.4, 0.5) is 0 Å². The van der Waals surface area contributed by atoms with Gasteiger partial charge in [-0.3, -0.25) is 14.4 Å². The lowest BCUT2D eigenvalue weighted by atomic mass is 9.95. The van der Waals surface area contributed by atoms with Gasteiger partial charge in [0.25, 0.3) is 5.91 Å². The number of carbonyl (C=O) groups is 1. The van der Waals surface area contributed by atoms with E-state index in [1.54, 1.807) is 7.11 Å². The molecule has 1 aromatic heterocycles. The number of ether oxygens (including phenoxy) is 1. The van der Waals surface area contributed by atoms with Gasteiger partial charge in [-0.25, -0.2) is 0 Å². The Morgan fingerprint density at radius 1 is 1.09 bits per heavy atom. The van der Waals surface area contributed by atoms with Gasteiger partial charge < -0.3 is 10.1 Å². The van der Waals surface area contributed by atoms with E-state index < -0.39 is 0 Å². The summed E-state index contributed by atoms with van der Waals surface area (Å²) in [5.41, 5.74) is 5.16. The minimum atomic E-state index is -0.0402. The summed E-state index contributed by atoms with van der Waals surface area (Å²) in [5, 5.41) is 7.71. The summed E-state index contributed by atoms with van der Waals surface area (Å²) in [6.07, 6.45) is 2.38. The number of nitrogens with zero attached hydrogens (tertiary/aromatic N) is 3. The third-order valence-electron chi connectivity index (χ3n) is 6.87. The lowest BCUT2D eigenvalue weighted by Gasteiger charge is -2.37. The van der Waals surface area contributed by atoms with Gasteiger partial charge >= 0.3 is 0 Å². The lowest BCUT2D eigenvalue weighted by molar-refractivity contribution is 0.0913. The van der Waals surface area contributed by atoms with E-state index in [1.165, 1.54) is 18.4 Å². The largest absolute Gasteiger partial charge is 0.497 e. The summed E-state index contributed by atoms with van der Waals surface area (Å²) in [7, 11) is 1.68. The maximum Gasteiger partial charge on any atom is 0.251 e. The molecular weight excluding hydrogens is 424 g/mol. The molecule has 0 bridgehead atoms. The van der Waals surface area contributed by atoms with Crippen molar-refractivity contribution < 1.29 is 9.53 Å². The van der Waals surface area contributed by atoms with Gasteiger partial charge in [-0.15, -0.1) is 0 Å². The molecule has 1 aliphatic rings. The van der Waals surface area contributed by atoms with E-state index in [0.29, 0.717) is 18.7 Å². The van der Waals surface area contributed by atoms with Crippen LogP contribution in [0.5, 0.6) is 5.75 Å². The van der Waals surface area contributed by atoms with Crippen molar-refractivity contribution in [3.05, 3.63) is 82.7 Å². The van der Waals surface area contributed by atoms with Gasteiger partial charge in [0.15, 0.2) is 0 Å². The molecular formula is C28H36N4O2. The fraction of sp³-hybridized carbons (Fsp3) is 0.429. The van der Waals surface area contributed by atoms with Gasteiger partial charge in [0, 0.05) is 17.8 Å². The predicted molar refractivity (Wildman–Crippen MR) is 135 cm³/mol. The molecule has 34 heavy (non-hydrogen) atoms. The van der Waals surface area contributed by atoms with Crippen LogP contribution >= 0.6 is 0 Å². The highest BCUT2D eigenvalue weighted by Crippen LogP contribution is 2.27. The molecule has 1 atom stereocenters. The minimum absolute atomic E-state index is 0.0402. The first-order valence-corrected chi connectivity index (χ1v) is 12.2. The quantitative estimate of drug-likeness (QED) is 0.527. The van der Waals surface area contributed by atoms with Gasteiger partial charge in [0.1, 0.15) is 5.75 Å². The summed E-state index contributed by atoms with van der Waals surface area (Å²) < 4.78 is 7.32. The molecule has 3 aromatic rings. The highest BCUT2D eigenvalue weighted by molar-refractivity contribution is 5.94. The maximum atomic E-state index is 13.0. The Hall–Kier alpha value is -3.12. The number of methoxy groups -OCH3 is 1. The summed E-state index contributed by atoms with van der Waals surface area (Å²) in [5.74, 6) is 1.57. The molecule has 0 saturated carbocycles. The SMILES string of the molecule is COc1ccc(C(CNC(=O)c2ccc(Cn3nc(C)cc3C)cc2)N2CCC(C)CC2)cc1. The van der Waals surface area contributed by atoms with Crippen molar-refractivity contribution in [2.45, 2.75) is 46.2 Å². The topological polar surface area (TPSA) is 59.4 Å². The van der Waals surface area contributed by atoms with Crippen molar-refractivity contribution in [1.82, 2.24) is 20.0 Å². The predicted octanol–water partition coefficient (Wildman–Crippen LogP) is 4.76. The molecule has 2 heterocycles. The summed E-state index contributed by atoms with van der Waals surface area (Å²) >= 11 is 0. The Morgan fingerprint density at radius 3 is 2.35 bits per heavy atom. The standard InChI is InChI=1S/C28H36N4O2/c1-20-13-15-31(16-14-20)27(24-9-11-26(34-4)12-10-24)18-29-28(33)25-7-5-23(6-8-25)19-32-22(3)17-21(2)30-32/h5-12,17,20,27H,13-16,18-19H2,1-4H3,(H,29,33). The molecule has 4 rings (SSSR count). The minimum Gasteiger partial charge on any atom is -0.497 e. The Morgan fingerprint density at radius 2 is 1.76 bits per heavy atom. The number of benzene rings is 2. The molecule has 1 N–H and O–H groups in total. The van der Waals surface area contributed by atoms with Crippen molar-refractivity contribution in [3.8, 4) is 5.75 Å². The third kappa shape index (κ3) is 5.86. The molecule has 6 nitrogen and oxygen atoms in total. The van der Waals surface area contributed by atoms with E-state index in [2.05, 4.69) is 47.4 Å². The fourth-order valence-corrected chi connectivity index (χ4v) is 4.68. The average molecular weight is 461 g/mol. The molecule has 0 aliphatic carbocycles. The number of aromatic nitrogens is 2. The molecule has 6 heteroatoms. The number of hydrogen-bond acceptors (Lipinski definition) is 4. The Bertz CT molecular complexity index is 1080. The summed E-state index contributed by atoms with van der Waals surface area (Å²) in [4.78, 5) is 15.5. The van der Waals surface area contributed by atoms with E-state index >= 15 is 0 Å². The second-order valence-corrected chi connectivity index (χ2v) is 9.50. The van der Waals surface area contributed by atoms with Gasteiger partial charge in [-0.1, -0.05) is 31.2 Å². The van der Waals surface area contributed by atoms with Crippen LogP contribution in [0.1, 0.15) is 58.7 Å². The molecule has 1 amide bonds. The molecule has 1 saturated heterocycles. The van der Waals surface area contributed by atoms with Crippen molar-refractivity contribution in [2.24, 2.45) is 5.92 Å². The van der Waals surface area contributed by atoms with E-state index in [1.807, 2.05) is 48.0 Å². The number of aryl methyl sites for hydroxylation is 2. The van der Waals surface area contributed by atoms with Crippen LogP contribution in [-0.2, 0) is 6.54 Å². The first-order chi connectivity index (χ1) is 16.4. The van der Waals surface area contributed by atoms with E-state index in [-0.39, 0.29) is 11.9 Å². The van der Waals surface area contributed by atoms with Crippen LogP contribution in [0, 0.1) is 19.8 Å². The average Bonchev–Trinajstić information content (AvgIpc) is 3.17. The van der Waals surface area contributed by atoms with E-state index in [9.17, 15) is 4.79 Å². The highest BCUT2D eigenvalue weighted by atomic mass is 16.5. The number of carbonyl (C=O) groups excluding carboxylic acids is 1. The molecule has 0 radical (unpaired) electrons. The molecule has 2 aromatic carbocycles. The lowest BCUT2D eigenvalue weighted by Crippen LogP contribution is -2.42. The number of likely N-dealkylation sites (tertiary alicyclic amines) is 1. The molecule has 0 spiro atoms. The van der Waals surface area contributed by atoms with Gasteiger partial charge in [0.05, 0.1) is 25.4 Å². The number of nitrogens with one attached hydrogen (secondary N) is 1. The number of piperidine rings is 1. The number of hydrogen-bond donors (Lipinski definition) is 1. The van der Waals surface area contributed by atoms with Crippen LogP contribution in [-0.4, -0.2) is 47.3 Å². The zero-order chi connectivity index (χ0) is 24.1. The van der Waals surface area contributed by atoms with Crippen molar-refractivity contribution in [3.63, 3.8) is 0 Å². The second kappa shape index (κ2) is 10.9. The summed E-state index contributed by atoms with van der Waals surface area (Å²) in [6, 6.07) is 18.3. The van der Waals surface area contributed by atoms with E-state index in [4.69, 9.17) is 4.74 Å². The monoisotopic (exact) mass is 460 g/mol. The highest BCUT2D eigenvalue weighted by Gasteiger charge is 2.25. The van der Waals surface area contributed by atoms with Gasteiger partial charge in [0.2, 0.25) is 0 Å². The van der Waals surface area contributed by atoms with Crippen molar-refractivity contribution in [1.29, 1.82) is 0 Å². The van der Waals surface area contributed by atoms with Crippen molar-refractivity contribution in [2.75, 3.05) is 26.7 Å². The Kier molecular flexibility index (Phi) is 7.68.